The van der Waals surface area contributed by atoms with Crippen LogP contribution in [0.25, 0.3) is 0 Å². The minimum absolute atomic E-state index is 0.0220. The number of hydrogen-bond donors (Lipinski definition) is 1. The molecule has 1 aromatic heterocycles. The Morgan fingerprint density at radius 2 is 2.50 bits per heavy atom. The summed E-state index contributed by atoms with van der Waals surface area (Å²) in [6, 6.07) is 0.0220. The maximum atomic E-state index is 5.63. The SMILES string of the molecule is C=CC(N)CCc1nnn(C)n1. The number of nitrogens with zero attached hydrogens (tertiary/aromatic N) is 4. The fourth-order valence-corrected chi connectivity index (χ4v) is 0.837. The van der Waals surface area contributed by atoms with Crippen LogP contribution in [-0.4, -0.2) is 26.2 Å². The smallest absolute Gasteiger partial charge is 0.174 e. The molecule has 1 unspecified atom stereocenters. The van der Waals surface area contributed by atoms with Gasteiger partial charge in [-0.2, -0.15) is 4.80 Å². The zero-order valence-corrected chi connectivity index (χ0v) is 7.14. The molecule has 5 heteroatoms. The van der Waals surface area contributed by atoms with Crippen LogP contribution in [0.4, 0.5) is 0 Å². The number of tetrazole rings is 1. The highest BCUT2D eigenvalue weighted by Crippen LogP contribution is 1.96. The van der Waals surface area contributed by atoms with Gasteiger partial charge in [0.25, 0.3) is 0 Å². The Bertz CT molecular complexity index is 254. The highest BCUT2D eigenvalue weighted by Gasteiger charge is 2.02. The molecule has 0 amide bonds. The van der Waals surface area contributed by atoms with Gasteiger partial charge < -0.3 is 5.73 Å². The van der Waals surface area contributed by atoms with E-state index in [0.717, 1.165) is 18.7 Å². The molecule has 0 aliphatic heterocycles. The van der Waals surface area contributed by atoms with Crippen LogP contribution in [0.2, 0.25) is 0 Å². The predicted octanol–water partition coefficient (Wildman–Crippen LogP) is -0.344. The molecule has 1 aromatic rings. The van der Waals surface area contributed by atoms with E-state index < -0.39 is 0 Å². The summed E-state index contributed by atoms with van der Waals surface area (Å²) in [5.74, 6) is 0.731. The van der Waals surface area contributed by atoms with Crippen LogP contribution < -0.4 is 5.73 Å². The number of nitrogens with two attached hydrogens (primary N) is 1. The van der Waals surface area contributed by atoms with E-state index >= 15 is 0 Å². The van der Waals surface area contributed by atoms with Crippen LogP contribution in [0.1, 0.15) is 12.2 Å². The lowest BCUT2D eigenvalue weighted by Crippen LogP contribution is -2.17. The molecule has 2 N–H and O–H groups in total. The van der Waals surface area contributed by atoms with Crippen molar-refractivity contribution in [3.05, 3.63) is 18.5 Å². The van der Waals surface area contributed by atoms with E-state index in [1.54, 1.807) is 13.1 Å². The van der Waals surface area contributed by atoms with Gasteiger partial charge in [0.2, 0.25) is 0 Å². The minimum Gasteiger partial charge on any atom is -0.324 e. The van der Waals surface area contributed by atoms with Crippen LogP contribution in [0, 0.1) is 0 Å². The van der Waals surface area contributed by atoms with Crippen molar-refractivity contribution in [2.45, 2.75) is 18.9 Å². The van der Waals surface area contributed by atoms with E-state index in [2.05, 4.69) is 22.0 Å². The van der Waals surface area contributed by atoms with E-state index in [4.69, 9.17) is 5.73 Å². The maximum absolute atomic E-state index is 5.63. The predicted molar refractivity (Wildman–Crippen MR) is 45.3 cm³/mol. The summed E-state index contributed by atoms with van der Waals surface area (Å²) in [5, 5.41) is 11.6. The van der Waals surface area contributed by atoms with E-state index in [1.165, 1.54) is 4.80 Å². The fraction of sp³-hybridized carbons (Fsp3) is 0.571. The summed E-state index contributed by atoms with van der Waals surface area (Å²) in [4.78, 5) is 1.44. The Balaban J connectivity index is 2.37. The summed E-state index contributed by atoms with van der Waals surface area (Å²) in [5.41, 5.74) is 5.63. The first-order valence-corrected chi connectivity index (χ1v) is 3.83. The minimum atomic E-state index is 0.0220. The lowest BCUT2D eigenvalue weighted by atomic mass is 10.2. The lowest BCUT2D eigenvalue weighted by Gasteiger charge is -2.01. The van der Waals surface area contributed by atoms with Crippen molar-refractivity contribution in [1.82, 2.24) is 20.2 Å². The fourth-order valence-electron chi connectivity index (χ4n) is 0.837. The molecule has 1 atom stereocenters. The van der Waals surface area contributed by atoms with Crippen LogP contribution in [0.15, 0.2) is 12.7 Å². The molecule has 1 heterocycles. The monoisotopic (exact) mass is 167 g/mol. The average Bonchev–Trinajstić information content (AvgIpc) is 2.47. The van der Waals surface area contributed by atoms with Crippen LogP contribution in [-0.2, 0) is 13.5 Å². The molecule has 0 aliphatic rings. The number of aryl methyl sites for hydroxylation is 2. The second kappa shape index (κ2) is 3.96. The van der Waals surface area contributed by atoms with Gasteiger partial charge in [0, 0.05) is 12.5 Å². The largest absolute Gasteiger partial charge is 0.324 e. The van der Waals surface area contributed by atoms with Crippen molar-refractivity contribution in [3.8, 4) is 0 Å². The number of hydrogen-bond acceptors (Lipinski definition) is 4. The van der Waals surface area contributed by atoms with Crippen molar-refractivity contribution in [1.29, 1.82) is 0 Å². The molecule has 12 heavy (non-hydrogen) atoms. The van der Waals surface area contributed by atoms with Gasteiger partial charge in [0.15, 0.2) is 5.82 Å². The first-order valence-electron chi connectivity index (χ1n) is 3.83. The summed E-state index contributed by atoms with van der Waals surface area (Å²) in [6.07, 6.45) is 3.28. The third kappa shape index (κ3) is 2.43. The lowest BCUT2D eigenvalue weighted by molar-refractivity contribution is 0.624. The maximum Gasteiger partial charge on any atom is 0.174 e. The summed E-state index contributed by atoms with van der Waals surface area (Å²) in [7, 11) is 1.74. The molecular weight excluding hydrogens is 154 g/mol. The normalized spacial score (nSPS) is 12.8. The first kappa shape index (κ1) is 8.86. The average molecular weight is 167 g/mol. The molecule has 0 aliphatic carbocycles. The Morgan fingerprint density at radius 1 is 1.75 bits per heavy atom. The van der Waals surface area contributed by atoms with Gasteiger partial charge in [-0.1, -0.05) is 6.08 Å². The Hall–Kier alpha value is -1.23. The molecule has 0 fully saturated rings. The van der Waals surface area contributed by atoms with Gasteiger partial charge in [-0.3, -0.25) is 0 Å². The number of rotatable bonds is 4. The van der Waals surface area contributed by atoms with E-state index in [1.807, 2.05) is 0 Å². The van der Waals surface area contributed by atoms with Crippen molar-refractivity contribution >= 4 is 0 Å². The number of aromatic nitrogens is 4. The molecule has 66 valence electrons. The molecule has 0 aromatic carbocycles. The third-order valence-corrected chi connectivity index (χ3v) is 1.55. The van der Waals surface area contributed by atoms with Crippen molar-refractivity contribution in [3.63, 3.8) is 0 Å². The zero-order chi connectivity index (χ0) is 8.97. The topological polar surface area (TPSA) is 69.6 Å². The molecule has 0 saturated heterocycles. The summed E-state index contributed by atoms with van der Waals surface area (Å²) < 4.78 is 0. The quantitative estimate of drug-likeness (QED) is 0.623. The van der Waals surface area contributed by atoms with E-state index in [0.29, 0.717) is 0 Å². The zero-order valence-electron chi connectivity index (χ0n) is 7.14. The van der Waals surface area contributed by atoms with Crippen molar-refractivity contribution in [2.75, 3.05) is 0 Å². The Labute approximate surface area is 71.3 Å². The standard InChI is InChI=1S/C7H13N5/c1-3-6(8)4-5-7-9-11-12(2)10-7/h3,6H,1,4-5,8H2,2H3. The van der Waals surface area contributed by atoms with Gasteiger partial charge >= 0.3 is 0 Å². The highest BCUT2D eigenvalue weighted by molar-refractivity contribution is 4.86. The van der Waals surface area contributed by atoms with Gasteiger partial charge in [-0.15, -0.1) is 16.8 Å². The molecule has 5 nitrogen and oxygen atoms in total. The van der Waals surface area contributed by atoms with Crippen molar-refractivity contribution in [2.24, 2.45) is 12.8 Å². The second-order valence-electron chi connectivity index (χ2n) is 2.63. The van der Waals surface area contributed by atoms with Crippen LogP contribution in [0.3, 0.4) is 0 Å². The van der Waals surface area contributed by atoms with Crippen LogP contribution in [0.5, 0.6) is 0 Å². The van der Waals surface area contributed by atoms with Crippen molar-refractivity contribution < 1.29 is 0 Å². The molecule has 0 saturated carbocycles. The first-order chi connectivity index (χ1) is 5.72. The van der Waals surface area contributed by atoms with E-state index in [9.17, 15) is 0 Å². The Kier molecular flexibility index (Phi) is 2.93. The van der Waals surface area contributed by atoms with Gasteiger partial charge in [0.1, 0.15) is 0 Å². The van der Waals surface area contributed by atoms with E-state index in [-0.39, 0.29) is 6.04 Å². The highest BCUT2D eigenvalue weighted by atomic mass is 15.6. The molecule has 0 spiro atoms. The third-order valence-electron chi connectivity index (χ3n) is 1.55. The molecule has 1 rings (SSSR count). The second-order valence-corrected chi connectivity index (χ2v) is 2.63. The van der Waals surface area contributed by atoms with Crippen LogP contribution >= 0.6 is 0 Å². The summed E-state index contributed by atoms with van der Waals surface area (Å²) in [6.45, 7) is 3.59. The van der Waals surface area contributed by atoms with Gasteiger partial charge in [-0.05, 0) is 11.6 Å². The van der Waals surface area contributed by atoms with Gasteiger partial charge in [-0.25, -0.2) is 0 Å². The summed E-state index contributed by atoms with van der Waals surface area (Å²) >= 11 is 0. The Morgan fingerprint density at radius 3 is 3.00 bits per heavy atom. The van der Waals surface area contributed by atoms with Gasteiger partial charge in [0.05, 0.1) is 7.05 Å². The molecule has 0 radical (unpaired) electrons. The molecular formula is C7H13N5. The molecule has 0 bridgehead atoms.